The maximum Gasteiger partial charge on any atom is 0.573 e. The van der Waals surface area contributed by atoms with Crippen molar-refractivity contribution < 1.29 is 27.8 Å². The second-order valence-electron chi connectivity index (χ2n) is 5.57. The molecule has 2 unspecified atom stereocenters. The monoisotopic (exact) mass is 369 g/mol. The number of anilines is 1. The quantitative estimate of drug-likeness (QED) is 0.800. The summed E-state index contributed by atoms with van der Waals surface area (Å²) >= 11 is 1.37. The van der Waals surface area contributed by atoms with Gasteiger partial charge >= 0.3 is 12.3 Å². The van der Waals surface area contributed by atoms with E-state index in [0.717, 1.165) is 5.56 Å². The molecule has 8 heteroatoms. The van der Waals surface area contributed by atoms with E-state index in [2.05, 4.69) is 10.1 Å². The number of carbonyl (C=O) groups is 1. The maximum absolute atomic E-state index is 12.4. The Morgan fingerprint density at radius 1 is 1.24 bits per heavy atom. The molecule has 0 radical (unpaired) electrons. The van der Waals surface area contributed by atoms with Crippen LogP contribution in [0.1, 0.15) is 28.1 Å². The highest BCUT2D eigenvalue weighted by Gasteiger charge is 2.34. The molecule has 0 fully saturated rings. The van der Waals surface area contributed by atoms with Crippen LogP contribution in [0.2, 0.25) is 0 Å². The Morgan fingerprint density at radius 2 is 1.96 bits per heavy atom. The molecule has 0 amide bonds. The fraction of sp³-hybridized carbons (Fsp3) is 0.235. The van der Waals surface area contributed by atoms with E-state index in [0.29, 0.717) is 10.6 Å². The number of hydrogen-bond donors (Lipinski definition) is 2. The smallest absolute Gasteiger partial charge is 0.478 e. The first-order valence-corrected chi connectivity index (χ1v) is 8.28. The van der Waals surface area contributed by atoms with Crippen LogP contribution in [0.15, 0.2) is 47.4 Å². The topological polar surface area (TPSA) is 58.6 Å². The van der Waals surface area contributed by atoms with Crippen molar-refractivity contribution >= 4 is 23.4 Å². The standard InChI is InChI=1S/C17H14F3NO3S/c1-9-15(25-14-5-3-2-4-12(14)16(22)23)11-7-6-10(8-13(11)21-9)24-17(18,19)20/h2-9,15,21H,1H3,(H,22,23). The summed E-state index contributed by atoms with van der Waals surface area (Å²) < 4.78 is 41.0. The van der Waals surface area contributed by atoms with Gasteiger partial charge in [0.05, 0.1) is 10.8 Å². The number of ether oxygens (including phenoxy) is 1. The number of benzene rings is 2. The predicted octanol–water partition coefficient (Wildman–Crippen LogP) is 4.93. The molecule has 1 aliphatic heterocycles. The van der Waals surface area contributed by atoms with Crippen LogP contribution in [-0.4, -0.2) is 23.5 Å². The lowest BCUT2D eigenvalue weighted by molar-refractivity contribution is -0.274. The second-order valence-corrected chi connectivity index (χ2v) is 6.75. The molecule has 2 N–H and O–H groups in total. The minimum atomic E-state index is -4.74. The van der Waals surface area contributed by atoms with E-state index in [1.807, 2.05) is 6.92 Å². The van der Waals surface area contributed by atoms with E-state index in [9.17, 15) is 23.1 Å². The molecule has 2 aromatic rings. The summed E-state index contributed by atoms with van der Waals surface area (Å²) in [6.45, 7) is 1.89. The van der Waals surface area contributed by atoms with Gasteiger partial charge in [0.25, 0.3) is 0 Å². The molecule has 4 nitrogen and oxygen atoms in total. The molecule has 2 aromatic carbocycles. The third kappa shape index (κ3) is 3.84. The predicted molar refractivity (Wildman–Crippen MR) is 88.2 cm³/mol. The maximum atomic E-state index is 12.4. The number of carboxylic acid groups (broad SMARTS) is 1. The number of rotatable bonds is 4. The van der Waals surface area contributed by atoms with Crippen molar-refractivity contribution in [1.29, 1.82) is 0 Å². The molecule has 0 bridgehead atoms. The number of carboxylic acids is 1. The van der Waals surface area contributed by atoms with Crippen LogP contribution in [-0.2, 0) is 0 Å². The van der Waals surface area contributed by atoms with Crippen molar-refractivity contribution in [2.45, 2.75) is 29.5 Å². The normalized spacial score (nSPS) is 19.2. The molecule has 1 heterocycles. The lowest BCUT2D eigenvalue weighted by Gasteiger charge is -2.17. The number of halogens is 3. The molecule has 132 valence electrons. The minimum Gasteiger partial charge on any atom is -0.478 e. The van der Waals surface area contributed by atoms with Gasteiger partial charge in [-0.1, -0.05) is 18.2 Å². The molecule has 1 aliphatic rings. The van der Waals surface area contributed by atoms with Gasteiger partial charge in [-0.05, 0) is 30.7 Å². The van der Waals surface area contributed by atoms with Gasteiger partial charge in [-0.3, -0.25) is 0 Å². The summed E-state index contributed by atoms with van der Waals surface area (Å²) in [5.41, 5.74) is 1.57. The molecular formula is C17H14F3NO3S. The van der Waals surface area contributed by atoms with Gasteiger partial charge in [0.2, 0.25) is 0 Å². The number of nitrogens with one attached hydrogen (secondary N) is 1. The van der Waals surface area contributed by atoms with E-state index >= 15 is 0 Å². The summed E-state index contributed by atoms with van der Waals surface area (Å²) in [5, 5.41) is 12.3. The molecule has 0 saturated carbocycles. The highest BCUT2D eigenvalue weighted by molar-refractivity contribution is 7.99. The van der Waals surface area contributed by atoms with Gasteiger partial charge < -0.3 is 15.2 Å². The first-order chi connectivity index (χ1) is 11.7. The average molecular weight is 369 g/mol. The molecule has 25 heavy (non-hydrogen) atoms. The first kappa shape index (κ1) is 17.5. The van der Waals surface area contributed by atoms with Crippen molar-refractivity contribution in [3.63, 3.8) is 0 Å². The van der Waals surface area contributed by atoms with Crippen LogP contribution in [0.4, 0.5) is 18.9 Å². The molecule has 3 rings (SSSR count). The Hall–Kier alpha value is -2.35. The van der Waals surface area contributed by atoms with E-state index in [4.69, 9.17) is 0 Å². The summed E-state index contributed by atoms with van der Waals surface area (Å²) in [7, 11) is 0. The average Bonchev–Trinajstić information content (AvgIpc) is 2.81. The van der Waals surface area contributed by atoms with Gasteiger partial charge in [0.1, 0.15) is 5.75 Å². The zero-order chi connectivity index (χ0) is 18.2. The van der Waals surface area contributed by atoms with Crippen molar-refractivity contribution in [3.8, 4) is 5.75 Å². The van der Waals surface area contributed by atoms with Crippen LogP contribution in [0.3, 0.4) is 0 Å². The molecule has 0 aromatic heterocycles. The van der Waals surface area contributed by atoms with Crippen LogP contribution in [0.25, 0.3) is 0 Å². The third-order valence-corrected chi connectivity index (χ3v) is 5.30. The van der Waals surface area contributed by atoms with Crippen LogP contribution >= 0.6 is 11.8 Å². The third-order valence-electron chi connectivity index (χ3n) is 3.77. The summed E-state index contributed by atoms with van der Waals surface area (Å²) in [4.78, 5) is 12.0. The molecule has 0 aliphatic carbocycles. The van der Waals surface area contributed by atoms with Gasteiger partial charge in [-0.25, -0.2) is 4.79 Å². The second kappa shape index (κ2) is 6.51. The lowest BCUT2D eigenvalue weighted by Crippen LogP contribution is -2.17. The summed E-state index contributed by atoms with van der Waals surface area (Å²) in [6.07, 6.45) is -4.74. The zero-order valence-corrected chi connectivity index (χ0v) is 13.8. The Balaban J connectivity index is 1.88. The number of hydrogen-bond acceptors (Lipinski definition) is 4. The zero-order valence-electron chi connectivity index (χ0n) is 13.0. The highest BCUT2D eigenvalue weighted by atomic mass is 32.2. The van der Waals surface area contributed by atoms with Crippen molar-refractivity contribution in [2.24, 2.45) is 0 Å². The van der Waals surface area contributed by atoms with E-state index in [1.165, 1.54) is 30.0 Å². The van der Waals surface area contributed by atoms with Crippen LogP contribution < -0.4 is 10.1 Å². The highest BCUT2D eigenvalue weighted by Crippen LogP contribution is 2.48. The van der Waals surface area contributed by atoms with E-state index in [-0.39, 0.29) is 22.6 Å². The van der Waals surface area contributed by atoms with Gasteiger partial charge in [0.15, 0.2) is 0 Å². The van der Waals surface area contributed by atoms with E-state index in [1.54, 1.807) is 24.3 Å². The first-order valence-electron chi connectivity index (χ1n) is 7.40. The Labute approximate surface area is 146 Å². The molecule has 2 atom stereocenters. The molecular weight excluding hydrogens is 355 g/mol. The van der Waals surface area contributed by atoms with Gasteiger partial charge in [-0.2, -0.15) is 0 Å². The summed E-state index contributed by atoms with van der Waals surface area (Å²) in [5.74, 6) is -1.31. The molecule has 0 saturated heterocycles. The Bertz CT molecular complexity index is 810. The number of fused-ring (bicyclic) bond motifs is 1. The van der Waals surface area contributed by atoms with Crippen LogP contribution in [0, 0.1) is 0 Å². The number of alkyl halides is 3. The Kier molecular flexibility index (Phi) is 4.55. The van der Waals surface area contributed by atoms with Crippen molar-refractivity contribution in [3.05, 3.63) is 53.6 Å². The molecule has 0 spiro atoms. The van der Waals surface area contributed by atoms with Gasteiger partial charge in [-0.15, -0.1) is 24.9 Å². The van der Waals surface area contributed by atoms with Crippen molar-refractivity contribution in [1.82, 2.24) is 0 Å². The number of thioether (sulfide) groups is 1. The van der Waals surface area contributed by atoms with E-state index < -0.39 is 12.3 Å². The van der Waals surface area contributed by atoms with Crippen LogP contribution in [0.5, 0.6) is 5.75 Å². The minimum absolute atomic E-state index is 0.0806. The van der Waals surface area contributed by atoms with Crippen molar-refractivity contribution in [2.75, 3.05) is 5.32 Å². The Morgan fingerprint density at radius 3 is 2.64 bits per heavy atom. The largest absolute Gasteiger partial charge is 0.573 e. The number of aromatic carboxylic acids is 1. The summed E-state index contributed by atoms with van der Waals surface area (Å²) in [6, 6.07) is 10.7. The van der Waals surface area contributed by atoms with Gasteiger partial charge in [0, 0.05) is 22.7 Å². The fourth-order valence-electron chi connectivity index (χ4n) is 2.74. The SMILES string of the molecule is CC1Nc2cc(OC(F)(F)F)ccc2C1Sc1ccccc1C(=O)O. The lowest BCUT2D eigenvalue weighted by atomic mass is 10.1. The fourth-order valence-corrected chi connectivity index (χ4v) is 4.06.